The van der Waals surface area contributed by atoms with Crippen molar-refractivity contribution in [3.05, 3.63) is 0 Å². The lowest BCUT2D eigenvalue weighted by Crippen LogP contribution is -2.27. The van der Waals surface area contributed by atoms with Gasteiger partial charge >= 0.3 is 11.9 Å². The molecule has 6 heteroatoms. The van der Waals surface area contributed by atoms with E-state index in [1.54, 1.807) is 0 Å². The molecule has 0 amide bonds. The Kier molecular flexibility index (Phi) is 41.9. The van der Waals surface area contributed by atoms with E-state index >= 15 is 0 Å². The lowest BCUT2D eigenvalue weighted by atomic mass is 10.0. The molecule has 0 aliphatic carbocycles. The molecule has 0 aromatic carbocycles. The van der Waals surface area contributed by atoms with Crippen LogP contribution >= 0.6 is 0 Å². The van der Waals surface area contributed by atoms with Crippen LogP contribution in [0, 0.1) is 11.8 Å². The predicted molar refractivity (Wildman–Crippen MR) is 226 cm³/mol. The largest absolute Gasteiger partial charge is 0.466 e. The Morgan fingerprint density at radius 2 is 0.906 bits per heavy atom. The number of aliphatic hydroxyl groups is 1. The Hall–Kier alpha value is -1.58. The Bertz CT molecular complexity index is 821. The van der Waals surface area contributed by atoms with E-state index in [0.29, 0.717) is 19.4 Å². The number of carbonyl (C=O) groups excluding carboxylic acids is 2. The van der Waals surface area contributed by atoms with Crippen molar-refractivity contribution in [3.63, 3.8) is 0 Å². The number of hydrogen-bond acceptors (Lipinski definition) is 6. The van der Waals surface area contributed by atoms with E-state index in [0.717, 1.165) is 103 Å². The molecular weight excluding hydrogens is 659 g/mol. The minimum absolute atomic E-state index is 0.0159. The molecule has 0 fully saturated rings. The minimum Gasteiger partial charge on any atom is -0.466 e. The summed E-state index contributed by atoms with van der Waals surface area (Å²) < 4.78 is 11.4. The minimum atomic E-state index is -0.0705. The molecule has 1 N–H and O–H groups in total. The first-order valence-electron chi connectivity index (χ1n) is 23.2. The normalized spacial score (nSPS) is 11.3. The summed E-state index contributed by atoms with van der Waals surface area (Å²) in [7, 11) is 0. The van der Waals surface area contributed by atoms with E-state index in [2.05, 4.69) is 37.5 Å². The van der Waals surface area contributed by atoms with Crippen molar-refractivity contribution < 1.29 is 24.2 Å². The van der Waals surface area contributed by atoms with E-state index in [9.17, 15) is 14.7 Å². The smallest absolute Gasteiger partial charge is 0.306 e. The summed E-state index contributed by atoms with van der Waals surface area (Å²) in [5.41, 5.74) is 0. The number of aliphatic hydroxyl groups excluding tert-OH is 1. The summed E-state index contributed by atoms with van der Waals surface area (Å²) in [4.78, 5) is 27.3. The first-order valence-corrected chi connectivity index (χ1v) is 23.2. The van der Waals surface area contributed by atoms with Crippen LogP contribution in [0.5, 0.6) is 0 Å². The molecule has 0 aliphatic heterocycles. The van der Waals surface area contributed by atoms with E-state index in [4.69, 9.17) is 9.47 Å². The van der Waals surface area contributed by atoms with Crippen molar-refractivity contribution in [2.24, 2.45) is 0 Å². The van der Waals surface area contributed by atoms with Crippen LogP contribution in [-0.2, 0) is 19.1 Å². The Morgan fingerprint density at radius 1 is 0.491 bits per heavy atom. The van der Waals surface area contributed by atoms with Gasteiger partial charge in [0.1, 0.15) is 6.10 Å². The maximum absolute atomic E-state index is 12.7. The number of hydrogen-bond donors (Lipinski definition) is 1. The van der Waals surface area contributed by atoms with Gasteiger partial charge in [-0.15, -0.1) is 11.8 Å². The van der Waals surface area contributed by atoms with Crippen LogP contribution in [0.15, 0.2) is 0 Å². The lowest BCUT2D eigenvalue weighted by molar-refractivity contribution is -0.150. The molecule has 0 aliphatic rings. The number of ether oxygens (including phenoxy) is 2. The van der Waals surface area contributed by atoms with E-state index in [-0.39, 0.29) is 24.6 Å². The molecule has 0 aromatic heterocycles. The summed E-state index contributed by atoms with van der Waals surface area (Å²) in [6.45, 7) is 10.6. The highest BCUT2D eigenvalue weighted by Crippen LogP contribution is 2.18. The number of unbranched alkanes of at least 4 members (excludes halogenated alkanes) is 23. The van der Waals surface area contributed by atoms with Gasteiger partial charge < -0.3 is 19.5 Å². The maximum atomic E-state index is 12.7. The van der Waals surface area contributed by atoms with E-state index < -0.39 is 0 Å². The van der Waals surface area contributed by atoms with Gasteiger partial charge in [0.05, 0.1) is 6.61 Å². The molecule has 312 valence electrons. The molecule has 0 unspecified atom stereocenters. The summed E-state index contributed by atoms with van der Waals surface area (Å²) in [6, 6.07) is 0. The molecule has 0 atom stereocenters. The van der Waals surface area contributed by atoms with Crippen molar-refractivity contribution in [1.82, 2.24) is 4.90 Å². The van der Waals surface area contributed by atoms with Crippen LogP contribution < -0.4 is 0 Å². The highest BCUT2D eigenvalue weighted by molar-refractivity contribution is 5.69. The number of rotatable bonds is 41. The third-order valence-corrected chi connectivity index (χ3v) is 10.4. The Morgan fingerprint density at radius 3 is 1.43 bits per heavy atom. The molecule has 0 saturated carbocycles. The molecule has 0 bridgehead atoms. The lowest BCUT2D eigenvalue weighted by Gasteiger charge is -2.22. The number of esters is 2. The van der Waals surface area contributed by atoms with Gasteiger partial charge in [0.15, 0.2) is 0 Å². The third kappa shape index (κ3) is 39.9. The first kappa shape index (κ1) is 51.4. The van der Waals surface area contributed by atoms with Gasteiger partial charge in [0, 0.05) is 38.8 Å². The van der Waals surface area contributed by atoms with Crippen molar-refractivity contribution in [1.29, 1.82) is 0 Å². The number of carbonyl (C=O) groups is 2. The van der Waals surface area contributed by atoms with Gasteiger partial charge in [-0.2, -0.15) is 0 Å². The molecule has 0 saturated heterocycles. The van der Waals surface area contributed by atoms with Crippen molar-refractivity contribution in [3.8, 4) is 11.8 Å². The molecule has 53 heavy (non-hydrogen) atoms. The Labute approximate surface area is 330 Å². The predicted octanol–water partition coefficient (Wildman–Crippen LogP) is 13.1. The van der Waals surface area contributed by atoms with Gasteiger partial charge in [-0.25, -0.2) is 0 Å². The molecule has 0 heterocycles. The average molecular weight is 748 g/mol. The molecule has 0 spiro atoms. The second-order valence-corrected chi connectivity index (χ2v) is 15.7. The monoisotopic (exact) mass is 748 g/mol. The fraction of sp³-hybridized carbons (Fsp3) is 0.915. The third-order valence-electron chi connectivity index (χ3n) is 10.4. The summed E-state index contributed by atoms with van der Waals surface area (Å²) in [6.07, 6.45) is 38.1. The standard InChI is InChI=1S/C47H89NO5/c1-4-7-10-13-16-17-18-27-34-44-52-46(50)38-30-23-19-25-32-40-48(42-35-43-49)41-33-26-20-24-31-39-47(51)53-45(36-28-21-14-11-8-5-2)37-29-22-15-12-9-6-3/h45,49H,4-16,19-44H2,1-3H3. The quantitative estimate of drug-likeness (QED) is 0.0381. The maximum Gasteiger partial charge on any atom is 0.306 e. The SMILES string of the molecule is CCCCCCC#CCCCOC(=O)CCCCCCCN(CCCO)CCCCCCCC(=O)OC(CCCCCCCC)CCCCCCCC. The summed E-state index contributed by atoms with van der Waals surface area (Å²) >= 11 is 0. The zero-order valence-corrected chi connectivity index (χ0v) is 35.7. The second kappa shape index (κ2) is 43.2. The van der Waals surface area contributed by atoms with Gasteiger partial charge in [0.25, 0.3) is 0 Å². The van der Waals surface area contributed by atoms with Gasteiger partial charge in [-0.05, 0) is 83.7 Å². The highest BCUT2D eigenvalue weighted by atomic mass is 16.5. The zero-order chi connectivity index (χ0) is 38.7. The Balaban J connectivity index is 4.03. The van der Waals surface area contributed by atoms with Crippen LogP contribution in [-0.4, -0.2) is 60.9 Å². The van der Waals surface area contributed by atoms with Crippen LogP contribution in [0.1, 0.15) is 239 Å². The highest BCUT2D eigenvalue weighted by Gasteiger charge is 2.14. The first-order chi connectivity index (χ1) is 26.1. The average Bonchev–Trinajstić information content (AvgIpc) is 3.15. The fourth-order valence-electron chi connectivity index (χ4n) is 6.95. The molecule has 0 aromatic rings. The molecular formula is C47H89NO5. The van der Waals surface area contributed by atoms with Gasteiger partial charge in [-0.3, -0.25) is 9.59 Å². The van der Waals surface area contributed by atoms with Crippen LogP contribution in [0.4, 0.5) is 0 Å². The van der Waals surface area contributed by atoms with Gasteiger partial charge in [0.2, 0.25) is 0 Å². The number of nitrogens with zero attached hydrogens (tertiary/aromatic N) is 1. The van der Waals surface area contributed by atoms with Crippen LogP contribution in [0.2, 0.25) is 0 Å². The van der Waals surface area contributed by atoms with E-state index in [1.165, 1.54) is 122 Å². The molecule has 0 rings (SSSR count). The van der Waals surface area contributed by atoms with Crippen molar-refractivity contribution in [2.75, 3.05) is 32.8 Å². The van der Waals surface area contributed by atoms with Crippen LogP contribution in [0.25, 0.3) is 0 Å². The summed E-state index contributed by atoms with van der Waals surface area (Å²) in [5.74, 6) is 6.38. The zero-order valence-electron chi connectivity index (χ0n) is 35.7. The van der Waals surface area contributed by atoms with Crippen LogP contribution in [0.3, 0.4) is 0 Å². The molecule has 0 radical (unpaired) electrons. The van der Waals surface area contributed by atoms with E-state index in [1.807, 2.05) is 0 Å². The summed E-state index contributed by atoms with van der Waals surface area (Å²) in [5, 5.41) is 9.39. The fourth-order valence-corrected chi connectivity index (χ4v) is 6.95. The van der Waals surface area contributed by atoms with Gasteiger partial charge in [-0.1, -0.05) is 143 Å². The van der Waals surface area contributed by atoms with Crippen molar-refractivity contribution in [2.45, 2.75) is 245 Å². The topological polar surface area (TPSA) is 76.1 Å². The molecule has 6 nitrogen and oxygen atoms in total. The second-order valence-electron chi connectivity index (χ2n) is 15.7. The van der Waals surface area contributed by atoms with Crippen molar-refractivity contribution >= 4 is 11.9 Å².